The number of aliphatic hydroxyl groups is 2. The Labute approximate surface area is 145 Å². The number of piperidine rings is 1. The molecule has 0 spiro atoms. The molecule has 0 bridgehead atoms. The van der Waals surface area contributed by atoms with Crippen LogP contribution in [0.4, 0.5) is 0 Å². The summed E-state index contributed by atoms with van der Waals surface area (Å²) in [6, 6.07) is 7.12. The Balaban J connectivity index is 0.00000264. The quantitative estimate of drug-likeness (QED) is 0.561. The highest BCUT2D eigenvalue weighted by atomic mass is 35.5. The zero-order chi connectivity index (χ0) is 15.8. The van der Waals surface area contributed by atoms with E-state index in [4.69, 9.17) is 4.74 Å². The van der Waals surface area contributed by atoms with Gasteiger partial charge in [0.05, 0.1) is 6.61 Å². The van der Waals surface area contributed by atoms with Gasteiger partial charge in [0.25, 0.3) is 0 Å². The lowest BCUT2D eigenvalue weighted by Gasteiger charge is -2.30. The van der Waals surface area contributed by atoms with E-state index in [0.29, 0.717) is 18.6 Å². The molecule has 0 atom stereocenters. The molecule has 1 saturated heterocycles. The van der Waals surface area contributed by atoms with Gasteiger partial charge in [0.15, 0.2) is 5.79 Å². The van der Waals surface area contributed by atoms with Crippen LogP contribution < -0.4 is 4.74 Å². The first-order valence-electron chi connectivity index (χ1n) is 8.52. The van der Waals surface area contributed by atoms with Crippen LogP contribution in [0.25, 0.3) is 0 Å². The van der Waals surface area contributed by atoms with Crippen LogP contribution in [-0.2, 0) is 5.79 Å². The summed E-state index contributed by atoms with van der Waals surface area (Å²) in [5, 5.41) is 20.6. The molecule has 2 N–H and O–H groups in total. The van der Waals surface area contributed by atoms with E-state index in [0.717, 1.165) is 38.2 Å². The fraction of sp³-hybridized carbons (Fsp3) is 0.667. The molecule has 1 aromatic carbocycles. The molecule has 1 aliphatic heterocycles. The van der Waals surface area contributed by atoms with Crippen LogP contribution in [0.3, 0.4) is 0 Å². The van der Waals surface area contributed by atoms with Crippen molar-refractivity contribution in [2.24, 2.45) is 0 Å². The SMILES string of the molecule is CCCCOc1ccc(C(O)(O)CCN2CCCCC2)cc1.Cl. The molecule has 0 aliphatic carbocycles. The van der Waals surface area contributed by atoms with Crippen molar-refractivity contribution in [2.45, 2.75) is 51.2 Å². The Morgan fingerprint density at radius 1 is 1.09 bits per heavy atom. The number of hydrogen-bond acceptors (Lipinski definition) is 4. The van der Waals surface area contributed by atoms with E-state index in [1.807, 2.05) is 12.1 Å². The van der Waals surface area contributed by atoms with Gasteiger partial charge in [0, 0.05) is 18.5 Å². The highest BCUT2D eigenvalue weighted by molar-refractivity contribution is 5.85. The summed E-state index contributed by atoms with van der Waals surface area (Å²) >= 11 is 0. The molecule has 1 fully saturated rings. The van der Waals surface area contributed by atoms with Gasteiger partial charge in [-0.2, -0.15) is 0 Å². The number of nitrogens with zero attached hydrogens (tertiary/aromatic N) is 1. The fourth-order valence-corrected chi connectivity index (χ4v) is 2.79. The minimum Gasteiger partial charge on any atom is -0.494 e. The van der Waals surface area contributed by atoms with Crippen molar-refractivity contribution in [2.75, 3.05) is 26.2 Å². The van der Waals surface area contributed by atoms with E-state index in [1.165, 1.54) is 19.3 Å². The second-order valence-electron chi connectivity index (χ2n) is 6.20. The Bertz CT molecular complexity index is 430. The normalized spacial score (nSPS) is 16.0. The van der Waals surface area contributed by atoms with Crippen LogP contribution in [0.15, 0.2) is 24.3 Å². The van der Waals surface area contributed by atoms with Crippen LogP contribution in [0.1, 0.15) is 51.0 Å². The van der Waals surface area contributed by atoms with E-state index < -0.39 is 5.79 Å². The van der Waals surface area contributed by atoms with Crippen molar-refractivity contribution < 1.29 is 14.9 Å². The molecule has 0 radical (unpaired) electrons. The summed E-state index contributed by atoms with van der Waals surface area (Å²) in [6.45, 7) is 5.69. The monoisotopic (exact) mass is 343 g/mol. The smallest absolute Gasteiger partial charge is 0.190 e. The molecule has 23 heavy (non-hydrogen) atoms. The molecule has 1 heterocycles. The Morgan fingerprint density at radius 2 is 1.74 bits per heavy atom. The van der Waals surface area contributed by atoms with Gasteiger partial charge in [-0.15, -0.1) is 12.4 Å². The first kappa shape index (κ1) is 20.2. The van der Waals surface area contributed by atoms with Crippen LogP contribution >= 0.6 is 12.4 Å². The summed E-state index contributed by atoms with van der Waals surface area (Å²) in [5.41, 5.74) is 0.535. The zero-order valence-electron chi connectivity index (χ0n) is 14.0. The molecule has 1 aliphatic rings. The lowest BCUT2D eigenvalue weighted by molar-refractivity contribution is -0.177. The van der Waals surface area contributed by atoms with E-state index in [1.54, 1.807) is 12.1 Å². The van der Waals surface area contributed by atoms with Gasteiger partial charge in [0.1, 0.15) is 5.75 Å². The predicted molar refractivity (Wildman–Crippen MR) is 95.1 cm³/mol. The second kappa shape index (κ2) is 10.1. The van der Waals surface area contributed by atoms with Gasteiger partial charge >= 0.3 is 0 Å². The summed E-state index contributed by atoms with van der Waals surface area (Å²) in [7, 11) is 0. The van der Waals surface area contributed by atoms with Gasteiger partial charge in [-0.3, -0.25) is 0 Å². The lowest BCUT2D eigenvalue weighted by atomic mass is 10.0. The maximum Gasteiger partial charge on any atom is 0.190 e. The molecule has 4 nitrogen and oxygen atoms in total. The first-order valence-corrected chi connectivity index (χ1v) is 8.52. The number of hydrogen-bond donors (Lipinski definition) is 2. The van der Waals surface area contributed by atoms with E-state index in [9.17, 15) is 10.2 Å². The molecule has 5 heteroatoms. The van der Waals surface area contributed by atoms with Crippen LogP contribution in [0.2, 0.25) is 0 Å². The maximum atomic E-state index is 10.3. The summed E-state index contributed by atoms with van der Waals surface area (Å²) in [4.78, 5) is 2.31. The molecule has 132 valence electrons. The average Bonchev–Trinajstić information content (AvgIpc) is 2.55. The first-order chi connectivity index (χ1) is 10.6. The molecular formula is C18H30ClNO3. The molecule has 2 rings (SSSR count). The molecule has 0 unspecified atom stereocenters. The van der Waals surface area contributed by atoms with Crippen molar-refractivity contribution in [1.29, 1.82) is 0 Å². The molecule has 1 aromatic rings. The lowest BCUT2D eigenvalue weighted by Crippen LogP contribution is -2.36. The van der Waals surface area contributed by atoms with E-state index in [-0.39, 0.29) is 12.4 Å². The Kier molecular flexibility index (Phi) is 8.92. The minimum absolute atomic E-state index is 0. The van der Waals surface area contributed by atoms with Gasteiger partial charge < -0.3 is 19.8 Å². The third-order valence-electron chi connectivity index (χ3n) is 4.31. The van der Waals surface area contributed by atoms with E-state index in [2.05, 4.69) is 11.8 Å². The summed E-state index contributed by atoms with van der Waals surface area (Å²) < 4.78 is 5.60. The third-order valence-corrected chi connectivity index (χ3v) is 4.31. The largest absolute Gasteiger partial charge is 0.494 e. The van der Waals surface area contributed by atoms with Crippen LogP contribution in [0, 0.1) is 0 Å². The number of ether oxygens (including phenoxy) is 1. The maximum absolute atomic E-state index is 10.3. The average molecular weight is 344 g/mol. The second-order valence-corrected chi connectivity index (χ2v) is 6.20. The van der Waals surface area contributed by atoms with Crippen molar-refractivity contribution in [3.63, 3.8) is 0 Å². The topological polar surface area (TPSA) is 52.9 Å². The van der Waals surface area contributed by atoms with Crippen molar-refractivity contribution in [1.82, 2.24) is 4.90 Å². The zero-order valence-corrected chi connectivity index (χ0v) is 14.9. The van der Waals surface area contributed by atoms with Gasteiger partial charge in [-0.25, -0.2) is 0 Å². The summed E-state index contributed by atoms with van der Waals surface area (Å²) in [5.74, 6) is -0.983. The van der Waals surface area contributed by atoms with Gasteiger partial charge in [-0.1, -0.05) is 19.8 Å². The van der Waals surface area contributed by atoms with Crippen LogP contribution in [0.5, 0.6) is 5.75 Å². The minimum atomic E-state index is -1.76. The van der Waals surface area contributed by atoms with E-state index >= 15 is 0 Å². The standard InChI is InChI=1S/C18H29NO3.ClH/c1-2-3-15-22-17-9-7-16(8-10-17)18(20,21)11-14-19-12-5-4-6-13-19;/h7-10,20-21H,2-6,11-15H2,1H3;1H. The van der Waals surface area contributed by atoms with Gasteiger partial charge in [-0.05, 0) is 56.6 Å². The molecule has 0 amide bonds. The number of rotatable bonds is 8. The number of halogens is 1. The summed E-state index contributed by atoms with van der Waals surface area (Å²) in [6.07, 6.45) is 6.19. The highest BCUT2D eigenvalue weighted by Crippen LogP contribution is 2.25. The van der Waals surface area contributed by atoms with Crippen LogP contribution in [-0.4, -0.2) is 41.4 Å². The Hall–Kier alpha value is -0.810. The molecule has 0 saturated carbocycles. The highest BCUT2D eigenvalue weighted by Gasteiger charge is 2.26. The molecule has 0 aromatic heterocycles. The number of unbranched alkanes of at least 4 members (excludes halogenated alkanes) is 1. The van der Waals surface area contributed by atoms with Gasteiger partial charge in [0.2, 0.25) is 0 Å². The number of benzene rings is 1. The third kappa shape index (κ3) is 6.68. The fourth-order valence-electron chi connectivity index (χ4n) is 2.79. The number of likely N-dealkylation sites (tertiary alicyclic amines) is 1. The van der Waals surface area contributed by atoms with Crippen molar-refractivity contribution >= 4 is 12.4 Å². The predicted octanol–water partition coefficient (Wildman–Crippen LogP) is 3.30. The van der Waals surface area contributed by atoms with Crippen molar-refractivity contribution in [3.8, 4) is 5.75 Å². The van der Waals surface area contributed by atoms with Crippen molar-refractivity contribution in [3.05, 3.63) is 29.8 Å². The molecular weight excluding hydrogens is 314 g/mol. The Morgan fingerprint density at radius 3 is 2.35 bits per heavy atom.